The average Bonchev–Trinajstić information content (AvgIpc) is 2.43. The number of esters is 1. The minimum absolute atomic E-state index is 0.00175. The average molecular weight is 281 g/mol. The predicted molar refractivity (Wildman–Crippen MR) is 73.1 cm³/mol. The zero-order chi connectivity index (χ0) is 15.1. The molecule has 0 aliphatic carbocycles. The maximum Gasteiger partial charge on any atom is 0.338 e. The number of hydrogen-bond donors (Lipinski definition) is 1. The smallest absolute Gasteiger partial charge is 0.338 e. The Morgan fingerprint density at radius 3 is 2.10 bits per heavy atom. The second-order valence-corrected chi connectivity index (χ2v) is 4.40. The topological polar surface area (TPSA) is 73.9 Å². The summed E-state index contributed by atoms with van der Waals surface area (Å²) in [6, 6.07) is 4.68. The van der Waals surface area contributed by atoms with Gasteiger partial charge in [-0.3, -0.25) is 4.79 Å². The van der Waals surface area contributed by atoms with E-state index in [1.165, 1.54) is 26.4 Å². The minimum Gasteiger partial charge on any atom is -0.497 e. The molecule has 110 valence electrons. The van der Waals surface area contributed by atoms with Gasteiger partial charge in [-0.2, -0.15) is 0 Å². The zero-order valence-corrected chi connectivity index (χ0v) is 12.1. The molecule has 0 aromatic heterocycles. The Morgan fingerprint density at radius 2 is 1.65 bits per heavy atom. The summed E-state index contributed by atoms with van der Waals surface area (Å²) < 4.78 is 15.0. The lowest BCUT2D eigenvalue weighted by Gasteiger charge is -2.10. The Labute approximate surface area is 118 Å². The SMILES string of the molecule is COc1cc(OC)cc(C(=O)OCC(=O)NC(C)C)c1. The van der Waals surface area contributed by atoms with Gasteiger partial charge in [-0.15, -0.1) is 0 Å². The summed E-state index contributed by atoms with van der Waals surface area (Å²) in [6.07, 6.45) is 0. The first-order valence-corrected chi connectivity index (χ1v) is 6.15. The van der Waals surface area contributed by atoms with E-state index in [1.807, 2.05) is 13.8 Å². The number of ether oxygens (including phenoxy) is 3. The van der Waals surface area contributed by atoms with Crippen LogP contribution in [0.4, 0.5) is 0 Å². The lowest BCUT2D eigenvalue weighted by atomic mass is 10.2. The number of hydrogen-bond acceptors (Lipinski definition) is 5. The van der Waals surface area contributed by atoms with Gasteiger partial charge >= 0.3 is 5.97 Å². The van der Waals surface area contributed by atoms with E-state index < -0.39 is 5.97 Å². The summed E-state index contributed by atoms with van der Waals surface area (Å²) in [5, 5.41) is 2.63. The van der Waals surface area contributed by atoms with Crippen molar-refractivity contribution in [1.29, 1.82) is 0 Å². The summed E-state index contributed by atoms with van der Waals surface area (Å²) in [6.45, 7) is 3.33. The van der Waals surface area contributed by atoms with E-state index >= 15 is 0 Å². The van der Waals surface area contributed by atoms with Crippen molar-refractivity contribution in [3.05, 3.63) is 23.8 Å². The number of nitrogens with one attached hydrogen (secondary N) is 1. The van der Waals surface area contributed by atoms with Crippen LogP contribution in [0.2, 0.25) is 0 Å². The van der Waals surface area contributed by atoms with Crippen molar-refractivity contribution in [3.8, 4) is 11.5 Å². The van der Waals surface area contributed by atoms with Crippen LogP contribution >= 0.6 is 0 Å². The zero-order valence-electron chi connectivity index (χ0n) is 12.1. The van der Waals surface area contributed by atoms with Crippen molar-refractivity contribution in [2.45, 2.75) is 19.9 Å². The summed E-state index contributed by atoms with van der Waals surface area (Å²) in [7, 11) is 2.97. The van der Waals surface area contributed by atoms with Crippen LogP contribution in [-0.4, -0.2) is 38.7 Å². The molecule has 0 saturated heterocycles. The Kier molecular flexibility index (Phi) is 5.83. The highest BCUT2D eigenvalue weighted by molar-refractivity contribution is 5.92. The van der Waals surface area contributed by atoms with E-state index in [2.05, 4.69) is 5.32 Å². The van der Waals surface area contributed by atoms with Crippen LogP contribution in [0.5, 0.6) is 11.5 Å². The highest BCUT2D eigenvalue weighted by Crippen LogP contribution is 2.22. The molecule has 0 fully saturated rings. The van der Waals surface area contributed by atoms with E-state index in [0.717, 1.165) is 0 Å². The highest BCUT2D eigenvalue weighted by Gasteiger charge is 2.13. The third-order valence-electron chi connectivity index (χ3n) is 2.37. The van der Waals surface area contributed by atoms with E-state index in [4.69, 9.17) is 14.2 Å². The van der Waals surface area contributed by atoms with Gasteiger partial charge in [0.05, 0.1) is 19.8 Å². The highest BCUT2D eigenvalue weighted by atomic mass is 16.5. The Balaban J connectivity index is 2.69. The number of rotatable bonds is 6. The predicted octanol–water partition coefficient (Wildman–Crippen LogP) is 1.39. The fourth-order valence-corrected chi connectivity index (χ4v) is 1.50. The van der Waals surface area contributed by atoms with Gasteiger partial charge in [-0.1, -0.05) is 0 Å². The molecule has 0 aliphatic heterocycles. The third-order valence-corrected chi connectivity index (χ3v) is 2.37. The second kappa shape index (κ2) is 7.37. The number of methoxy groups -OCH3 is 2. The monoisotopic (exact) mass is 281 g/mol. The van der Waals surface area contributed by atoms with Crippen molar-refractivity contribution in [3.63, 3.8) is 0 Å². The molecule has 0 radical (unpaired) electrons. The summed E-state index contributed by atoms with van der Waals surface area (Å²) in [5.74, 6) is -0.00446. The van der Waals surface area contributed by atoms with Crippen molar-refractivity contribution in [1.82, 2.24) is 5.32 Å². The number of benzene rings is 1. The summed E-state index contributed by atoms with van der Waals surface area (Å²) in [5.41, 5.74) is 0.263. The van der Waals surface area contributed by atoms with Crippen LogP contribution in [0, 0.1) is 0 Å². The van der Waals surface area contributed by atoms with Crippen molar-refractivity contribution in [2.75, 3.05) is 20.8 Å². The quantitative estimate of drug-likeness (QED) is 0.797. The Morgan fingerprint density at radius 1 is 1.10 bits per heavy atom. The van der Waals surface area contributed by atoms with Crippen LogP contribution in [0.15, 0.2) is 18.2 Å². The molecule has 1 aromatic carbocycles. The molecule has 1 rings (SSSR count). The number of carbonyl (C=O) groups is 2. The van der Waals surface area contributed by atoms with Crippen molar-refractivity contribution in [2.24, 2.45) is 0 Å². The molecular formula is C14H19NO5. The van der Waals surface area contributed by atoms with Crippen LogP contribution < -0.4 is 14.8 Å². The molecule has 6 heteroatoms. The van der Waals surface area contributed by atoms with Gasteiger partial charge in [-0.05, 0) is 26.0 Å². The minimum atomic E-state index is -0.610. The van der Waals surface area contributed by atoms with Crippen molar-refractivity contribution >= 4 is 11.9 Å². The standard InChI is InChI=1S/C14H19NO5/c1-9(2)15-13(16)8-20-14(17)10-5-11(18-3)7-12(6-10)19-4/h5-7,9H,8H2,1-4H3,(H,15,16). The van der Waals surface area contributed by atoms with Gasteiger partial charge in [-0.25, -0.2) is 4.79 Å². The van der Waals surface area contributed by atoms with Gasteiger partial charge < -0.3 is 19.5 Å². The molecule has 0 saturated carbocycles. The lowest BCUT2D eigenvalue weighted by molar-refractivity contribution is -0.124. The molecule has 0 unspecified atom stereocenters. The number of amides is 1. The second-order valence-electron chi connectivity index (χ2n) is 4.40. The van der Waals surface area contributed by atoms with Crippen LogP contribution in [-0.2, 0) is 9.53 Å². The third kappa shape index (κ3) is 4.79. The molecule has 1 amide bonds. The van der Waals surface area contributed by atoms with Crippen LogP contribution in [0.1, 0.15) is 24.2 Å². The molecule has 1 aromatic rings. The van der Waals surface area contributed by atoms with Crippen LogP contribution in [0.3, 0.4) is 0 Å². The molecule has 0 heterocycles. The largest absolute Gasteiger partial charge is 0.497 e. The lowest BCUT2D eigenvalue weighted by Crippen LogP contribution is -2.33. The molecule has 6 nitrogen and oxygen atoms in total. The summed E-state index contributed by atoms with van der Waals surface area (Å²) in [4.78, 5) is 23.3. The first kappa shape index (κ1) is 15.8. The van der Waals surface area contributed by atoms with E-state index in [0.29, 0.717) is 11.5 Å². The van der Waals surface area contributed by atoms with E-state index in [1.54, 1.807) is 6.07 Å². The molecule has 0 bridgehead atoms. The molecular weight excluding hydrogens is 262 g/mol. The Hall–Kier alpha value is -2.24. The molecule has 1 N–H and O–H groups in total. The van der Waals surface area contributed by atoms with E-state index in [-0.39, 0.29) is 24.1 Å². The molecule has 20 heavy (non-hydrogen) atoms. The molecule has 0 spiro atoms. The van der Waals surface area contributed by atoms with Crippen LogP contribution in [0.25, 0.3) is 0 Å². The number of carbonyl (C=O) groups excluding carboxylic acids is 2. The molecule has 0 aliphatic rings. The van der Waals surface area contributed by atoms with Crippen molar-refractivity contribution < 1.29 is 23.8 Å². The maximum atomic E-state index is 11.9. The van der Waals surface area contributed by atoms with Gasteiger partial charge in [0.25, 0.3) is 5.91 Å². The maximum absolute atomic E-state index is 11.9. The normalized spacial score (nSPS) is 10.1. The van der Waals surface area contributed by atoms with Gasteiger partial charge in [0.15, 0.2) is 6.61 Å². The Bertz CT molecular complexity index is 462. The van der Waals surface area contributed by atoms with Gasteiger partial charge in [0, 0.05) is 12.1 Å². The molecule has 0 atom stereocenters. The first-order chi connectivity index (χ1) is 9.46. The van der Waals surface area contributed by atoms with E-state index in [9.17, 15) is 9.59 Å². The first-order valence-electron chi connectivity index (χ1n) is 6.15. The fourth-order valence-electron chi connectivity index (χ4n) is 1.50. The fraction of sp³-hybridized carbons (Fsp3) is 0.429. The van der Waals surface area contributed by atoms with Gasteiger partial charge in [0.2, 0.25) is 0 Å². The summed E-state index contributed by atoms with van der Waals surface area (Å²) >= 11 is 0. The van der Waals surface area contributed by atoms with Gasteiger partial charge in [0.1, 0.15) is 11.5 Å².